The van der Waals surface area contributed by atoms with Crippen LogP contribution in [0.4, 0.5) is 4.39 Å². The zero-order valence-corrected chi connectivity index (χ0v) is 14.8. The van der Waals surface area contributed by atoms with Gasteiger partial charge in [-0.3, -0.25) is 4.79 Å². The van der Waals surface area contributed by atoms with Crippen molar-refractivity contribution < 1.29 is 17.6 Å². The molecule has 1 aliphatic rings. The molecule has 0 unspecified atom stereocenters. The standard InChI is InChI=1S/C16H20FN5O3S/c17-14-9-12(1-2-15(14)21-8-5-19-11-21)10-20-16(23)13-3-6-22(7-4-13)26(18,24)25/h1-2,5,8-9,11,13H,3-4,6-7,10H2,(H,20,23)(H2,18,24,25). The fourth-order valence-corrected chi connectivity index (χ4v) is 3.70. The van der Waals surface area contributed by atoms with Crippen LogP contribution >= 0.6 is 0 Å². The van der Waals surface area contributed by atoms with Gasteiger partial charge < -0.3 is 9.88 Å². The first-order valence-corrected chi connectivity index (χ1v) is 9.67. The predicted octanol–water partition coefficient (Wildman–Crippen LogP) is 0.543. The first kappa shape index (κ1) is 18.5. The number of hydrogen-bond acceptors (Lipinski definition) is 4. The van der Waals surface area contributed by atoms with Gasteiger partial charge in [0, 0.05) is 37.9 Å². The maximum atomic E-state index is 14.2. The number of halogens is 1. The lowest BCUT2D eigenvalue weighted by Crippen LogP contribution is -2.45. The van der Waals surface area contributed by atoms with Crippen LogP contribution in [0.25, 0.3) is 5.69 Å². The van der Waals surface area contributed by atoms with Crippen molar-refractivity contribution in [1.29, 1.82) is 0 Å². The van der Waals surface area contributed by atoms with Gasteiger partial charge in [-0.2, -0.15) is 12.7 Å². The number of benzene rings is 1. The van der Waals surface area contributed by atoms with Crippen LogP contribution in [0.1, 0.15) is 18.4 Å². The zero-order valence-electron chi connectivity index (χ0n) is 14.0. The van der Waals surface area contributed by atoms with E-state index in [-0.39, 0.29) is 31.5 Å². The molecule has 1 aromatic carbocycles. The van der Waals surface area contributed by atoms with Gasteiger partial charge in [-0.1, -0.05) is 6.07 Å². The first-order chi connectivity index (χ1) is 12.3. The van der Waals surface area contributed by atoms with Gasteiger partial charge >= 0.3 is 0 Å². The molecular formula is C16H20FN5O3S. The lowest BCUT2D eigenvalue weighted by molar-refractivity contribution is -0.126. The molecule has 3 rings (SSSR count). The average molecular weight is 381 g/mol. The summed E-state index contributed by atoms with van der Waals surface area (Å²) in [7, 11) is -3.70. The number of carbonyl (C=O) groups is 1. The number of imidazole rings is 1. The minimum absolute atomic E-state index is 0.168. The molecule has 1 saturated heterocycles. The van der Waals surface area contributed by atoms with Gasteiger partial charge in [0.05, 0.1) is 12.0 Å². The van der Waals surface area contributed by atoms with E-state index in [9.17, 15) is 17.6 Å². The van der Waals surface area contributed by atoms with Gasteiger partial charge in [-0.05, 0) is 30.5 Å². The number of amides is 1. The largest absolute Gasteiger partial charge is 0.352 e. The van der Waals surface area contributed by atoms with Gasteiger partial charge in [0.1, 0.15) is 5.82 Å². The number of nitrogens with one attached hydrogen (secondary N) is 1. The predicted molar refractivity (Wildman–Crippen MR) is 92.8 cm³/mol. The number of nitrogens with two attached hydrogens (primary N) is 1. The van der Waals surface area contributed by atoms with Gasteiger partial charge in [-0.25, -0.2) is 14.5 Å². The SMILES string of the molecule is NS(=O)(=O)N1CCC(C(=O)NCc2ccc(-n3ccnc3)c(F)c2)CC1. The van der Waals surface area contributed by atoms with Crippen molar-refractivity contribution in [1.82, 2.24) is 19.2 Å². The first-order valence-electron chi connectivity index (χ1n) is 8.17. The second kappa shape index (κ2) is 7.52. The van der Waals surface area contributed by atoms with Crippen molar-refractivity contribution in [2.75, 3.05) is 13.1 Å². The molecule has 0 aliphatic carbocycles. The van der Waals surface area contributed by atoms with Crippen LogP contribution in [0.15, 0.2) is 36.9 Å². The fourth-order valence-electron chi connectivity index (χ4n) is 2.98. The summed E-state index contributed by atoms with van der Waals surface area (Å²) >= 11 is 0. The molecule has 8 nitrogen and oxygen atoms in total. The van der Waals surface area contributed by atoms with Crippen LogP contribution in [0.3, 0.4) is 0 Å². The third-order valence-electron chi connectivity index (χ3n) is 4.45. The highest BCUT2D eigenvalue weighted by Crippen LogP contribution is 2.19. The summed E-state index contributed by atoms with van der Waals surface area (Å²) < 4.78 is 39.5. The fraction of sp³-hybridized carbons (Fsp3) is 0.375. The van der Waals surface area contributed by atoms with E-state index in [2.05, 4.69) is 10.3 Å². The summed E-state index contributed by atoms with van der Waals surface area (Å²) in [6, 6.07) is 4.74. The van der Waals surface area contributed by atoms with Crippen molar-refractivity contribution in [3.63, 3.8) is 0 Å². The van der Waals surface area contributed by atoms with E-state index in [4.69, 9.17) is 5.14 Å². The molecule has 1 amide bonds. The van der Waals surface area contributed by atoms with Gasteiger partial charge in [-0.15, -0.1) is 0 Å². The maximum Gasteiger partial charge on any atom is 0.276 e. The Morgan fingerprint density at radius 1 is 1.35 bits per heavy atom. The van der Waals surface area contributed by atoms with E-state index in [0.29, 0.717) is 24.1 Å². The Hall–Kier alpha value is -2.30. The van der Waals surface area contributed by atoms with Crippen molar-refractivity contribution in [3.8, 4) is 5.69 Å². The van der Waals surface area contributed by atoms with E-state index < -0.39 is 16.0 Å². The van der Waals surface area contributed by atoms with E-state index in [1.165, 1.54) is 16.7 Å². The van der Waals surface area contributed by atoms with Crippen LogP contribution in [0.5, 0.6) is 0 Å². The van der Waals surface area contributed by atoms with E-state index >= 15 is 0 Å². The van der Waals surface area contributed by atoms with Crippen molar-refractivity contribution in [2.45, 2.75) is 19.4 Å². The number of aromatic nitrogens is 2. The molecule has 1 aliphatic heterocycles. The zero-order chi connectivity index (χ0) is 18.7. The molecule has 26 heavy (non-hydrogen) atoms. The second-order valence-corrected chi connectivity index (χ2v) is 7.74. The Labute approximate surface area is 151 Å². The van der Waals surface area contributed by atoms with Crippen LogP contribution in [0.2, 0.25) is 0 Å². The lowest BCUT2D eigenvalue weighted by Gasteiger charge is -2.29. The van der Waals surface area contributed by atoms with Crippen LogP contribution in [0, 0.1) is 11.7 Å². The maximum absolute atomic E-state index is 14.2. The Morgan fingerprint density at radius 2 is 2.08 bits per heavy atom. The highest BCUT2D eigenvalue weighted by atomic mass is 32.2. The monoisotopic (exact) mass is 381 g/mol. The topological polar surface area (TPSA) is 110 Å². The summed E-state index contributed by atoms with van der Waals surface area (Å²) in [4.78, 5) is 16.1. The van der Waals surface area contributed by atoms with Gasteiger partial charge in [0.2, 0.25) is 5.91 Å². The Bertz CT molecular complexity index is 877. The minimum Gasteiger partial charge on any atom is -0.352 e. The van der Waals surface area contributed by atoms with Crippen LogP contribution < -0.4 is 10.5 Å². The smallest absolute Gasteiger partial charge is 0.276 e. The molecule has 140 valence electrons. The second-order valence-electron chi connectivity index (χ2n) is 6.19. The minimum atomic E-state index is -3.70. The van der Waals surface area contributed by atoms with Crippen molar-refractivity contribution >= 4 is 16.1 Å². The third-order valence-corrected chi connectivity index (χ3v) is 5.53. The Kier molecular flexibility index (Phi) is 5.35. The molecule has 0 bridgehead atoms. The van der Waals surface area contributed by atoms with Crippen molar-refractivity contribution in [2.24, 2.45) is 11.1 Å². The molecule has 0 spiro atoms. The highest BCUT2D eigenvalue weighted by molar-refractivity contribution is 7.86. The number of rotatable bonds is 5. The van der Waals surface area contributed by atoms with E-state index in [1.807, 2.05) is 0 Å². The molecule has 0 atom stereocenters. The van der Waals surface area contributed by atoms with E-state index in [0.717, 1.165) is 0 Å². The normalized spacial score (nSPS) is 16.5. The van der Waals surface area contributed by atoms with Crippen molar-refractivity contribution in [3.05, 3.63) is 48.3 Å². The summed E-state index contributed by atoms with van der Waals surface area (Å²) in [6.07, 6.45) is 5.54. The highest BCUT2D eigenvalue weighted by Gasteiger charge is 2.29. The quantitative estimate of drug-likeness (QED) is 0.788. The van der Waals surface area contributed by atoms with Crippen LogP contribution in [-0.4, -0.2) is 41.3 Å². The van der Waals surface area contributed by atoms with Crippen LogP contribution in [-0.2, 0) is 21.5 Å². The molecule has 3 N–H and O–H groups in total. The summed E-state index contributed by atoms with van der Waals surface area (Å²) in [5.74, 6) is -0.850. The number of carbonyl (C=O) groups excluding carboxylic acids is 1. The molecule has 10 heteroatoms. The third kappa shape index (κ3) is 4.26. The average Bonchev–Trinajstić information content (AvgIpc) is 3.13. The molecule has 1 fully saturated rings. The summed E-state index contributed by atoms with van der Waals surface area (Å²) in [5, 5.41) is 7.86. The molecular weight excluding hydrogens is 361 g/mol. The lowest BCUT2D eigenvalue weighted by atomic mass is 9.97. The Morgan fingerprint density at radius 3 is 2.65 bits per heavy atom. The summed E-state index contributed by atoms with van der Waals surface area (Å²) in [5.41, 5.74) is 1.02. The van der Waals surface area contributed by atoms with Gasteiger partial charge in [0.25, 0.3) is 10.2 Å². The number of piperidine rings is 1. The number of hydrogen-bond donors (Lipinski definition) is 2. The molecule has 0 radical (unpaired) electrons. The molecule has 0 saturated carbocycles. The number of nitrogens with zero attached hydrogens (tertiary/aromatic N) is 3. The summed E-state index contributed by atoms with van der Waals surface area (Å²) in [6.45, 7) is 0.658. The van der Waals surface area contributed by atoms with Gasteiger partial charge in [0.15, 0.2) is 0 Å². The molecule has 2 heterocycles. The van der Waals surface area contributed by atoms with E-state index in [1.54, 1.807) is 29.1 Å². The molecule has 1 aromatic heterocycles. The Balaban J connectivity index is 1.55. The molecule has 2 aromatic rings.